The van der Waals surface area contributed by atoms with Gasteiger partial charge >= 0.3 is 0 Å². The first-order chi connectivity index (χ1) is 18.8. The molecule has 12 heteroatoms. The number of nitrogens with one attached hydrogen (secondary N) is 2. The Kier molecular flexibility index (Phi) is 9.84. The van der Waals surface area contributed by atoms with Gasteiger partial charge in [-0.15, -0.1) is 0 Å². The van der Waals surface area contributed by atoms with Crippen LogP contribution in [-0.2, 0) is 14.3 Å². The van der Waals surface area contributed by atoms with Crippen molar-refractivity contribution in [3.63, 3.8) is 0 Å². The van der Waals surface area contributed by atoms with Crippen LogP contribution in [0.25, 0.3) is 6.08 Å². The van der Waals surface area contributed by atoms with Gasteiger partial charge in [0.05, 0.1) is 36.6 Å². The number of hydrazone groups is 1. The first-order valence-electron chi connectivity index (χ1n) is 11.4. The van der Waals surface area contributed by atoms with Gasteiger partial charge in [-0.1, -0.05) is 49.1 Å². The highest BCUT2D eigenvalue weighted by Gasteiger charge is 2.24. The molecule has 0 heterocycles. The van der Waals surface area contributed by atoms with Gasteiger partial charge in [-0.3, -0.25) is 25.1 Å². The Hall–Kier alpha value is -5.07. The molecule has 1 unspecified atom stereocenters. The van der Waals surface area contributed by atoms with E-state index < -0.39 is 35.2 Å². The highest BCUT2D eigenvalue weighted by molar-refractivity contribution is 6.68. The van der Waals surface area contributed by atoms with Crippen LogP contribution in [0.5, 0.6) is 11.5 Å². The summed E-state index contributed by atoms with van der Waals surface area (Å²) in [6.07, 6.45) is 0.186. The van der Waals surface area contributed by atoms with E-state index in [4.69, 9.17) is 14.2 Å². The molecule has 0 radical (unpaired) electrons. The Balaban J connectivity index is 1.85. The minimum Gasteiger partial charge on any atom is -0.495 e. The molecule has 3 aromatic carbocycles. The number of nitrogens with zero attached hydrogens (tertiary/aromatic N) is 2. The number of methoxy groups -OCH3 is 2. The fourth-order valence-electron chi connectivity index (χ4n) is 3.29. The van der Waals surface area contributed by atoms with E-state index in [9.17, 15) is 24.8 Å². The number of carbonyl (C=O) groups is 2. The van der Waals surface area contributed by atoms with Crippen molar-refractivity contribution < 1.29 is 33.8 Å². The summed E-state index contributed by atoms with van der Waals surface area (Å²) >= 11 is 0. The minimum absolute atomic E-state index is 0.0551. The Morgan fingerprint density at radius 1 is 1.05 bits per heavy atom. The average Bonchev–Trinajstić information content (AvgIpc) is 2.96. The third kappa shape index (κ3) is 7.47. The zero-order valence-corrected chi connectivity index (χ0v) is 21.1. The molecule has 0 bridgehead atoms. The number of aliphatic hydroxyl groups excluding tert-OH is 1. The van der Waals surface area contributed by atoms with Crippen molar-refractivity contribution in [1.82, 2.24) is 0 Å². The van der Waals surface area contributed by atoms with E-state index in [1.807, 2.05) is 0 Å². The maximum Gasteiger partial charge on any atom is 0.280 e. The first kappa shape index (κ1) is 28.5. The molecular formula is C27H26N4O8. The smallest absolute Gasteiger partial charge is 0.280 e. The van der Waals surface area contributed by atoms with Crippen molar-refractivity contribution in [3.05, 3.63) is 94.6 Å². The number of benzene rings is 3. The van der Waals surface area contributed by atoms with Crippen molar-refractivity contribution in [3.8, 4) is 11.5 Å². The molecule has 0 aromatic heterocycles. The number of anilines is 2. The molecule has 0 fully saturated rings. The van der Waals surface area contributed by atoms with Crippen molar-refractivity contribution in [2.45, 2.75) is 6.29 Å². The number of nitro benzene ring substituents is 1. The molecule has 12 nitrogen and oxygen atoms in total. The quantitative estimate of drug-likeness (QED) is 0.0969. The Bertz CT molecular complexity index is 1390. The molecule has 39 heavy (non-hydrogen) atoms. The van der Waals surface area contributed by atoms with Crippen molar-refractivity contribution >= 4 is 40.5 Å². The van der Waals surface area contributed by atoms with Gasteiger partial charge in [-0.05, 0) is 23.8 Å². The standard InChI is InChI=1S/C27H26N4O8/c1-4-17-9-11-18(12-10-17)27(34)39-16-22(32)25(26(33)28-20-7-5-6-8-23(20)37-2)30-29-21-14-13-19(31(35)36)15-24(21)38-3/h4-15,27,29,34H,1,16H2,2-3H3,(H,28,33)/b30-25+. The molecule has 202 valence electrons. The lowest BCUT2D eigenvalue weighted by Crippen LogP contribution is -2.34. The summed E-state index contributed by atoms with van der Waals surface area (Å²) in [5.74, 6) is -1.36. The molecule has 0 saturated carbocycles. The molecule has 0 aliphatic heterocycles. The van der Waals surface area contributed by atoms with Crippen molar-refractivity contribution in [2.24, 2.45) is 5.10 Å². The maximum absolute atomic E-state index is 13.1. The van der Waals surface area contributed by atoms with Crippen molar-refractivity contribution in [1.29, 1.82) is 0 Å². The zero-order chi connectivity index (χ0) is 28.4. The summed E-state index contributed by atoms with van der Waals surface area (Å²) in [5.41, 5.74) is 3.36. The number of non-ortho nitro benzene ring substituents is 1. The van der Waals surface area contributed by atoms with Crippen LogP contribution in [0.1, 0.15) is 17.4 Å². The van der Waals surface area contributed by atoms with Gasteiger partial charge in [0, 0.05) is 11.6 Å². The summed E-state index contributed by atoms with van der Waals surface area (Å²) in [6, 6.07) is 16.9. The molecule has 0 spiro atoms. The topological polar surface area (TPSA) is 162 Å². The largest absolute Gasteiger partial charge is 0.495 e. The van der Waals surface area contributed by atoms with Gasteiger partial charge < -0.3 is 24.6 Å². The van der Waals surface area contributed by atoms with Crippen LogP contribution < -0.4 is 20.2 Å². The number of ketones is 1. The molecule has 0 saturated heterocycles. The van der Waals surface area contributed by atoms with E-state index in [1.54, 1.807) is 54.6 Å². The van der Waals surface area contributed by atoms with Gasteiger partial charge in [0.15, 0.2) is 17.8 Å². The number of carbonyl (C=O) groups excluding carboxylic acids is 2. The van der Waals surface area contributed by atoms with E-state index in [0.717, 1.165) is 11.6 Å². The predicted molar refractivity (Wildman–Crippen MR) is 145 cm³/mol. The second-order valence-electron chi connectivity index (χ2n) is 7.83. The lowest BCUT2D eigenvalue weighted by Gasteiger charge is -2.14. The third-order valence-corrected chi connectivity index (χ3v) is 5.35. The number of hydrogen-bond acceptors (Lipinski definition) is 10. The summed E-state index contributed by atoms with van der Waals surface area (Å²) in [7, 11) is 2.72. The lowest BCUT2D eigenvalue weighted by molar-refractivity contribution is -0.384. The van der Waals surface area contributed by atoms with Gasteiger partial charge in [0.25, 0.3) is 11.6 Å². The molecule has 1 atom stereocenters. The fourth-order valence-corrected chi connectivity index (χ4v) is 3.29. The number of para-hydroxylation sites is 2. The number of hydrogen-bond donors (Lipinski definition) is 3. The summed E-state index contributed by atoms with van der Waals surface area (Å²) in [4.78, 5) is 36.6. The van der Waals surface area contributed by atoms with Crippen LogP contribution in [-0.4, -0.2) is 48.3 Å². The highest BCUT2D eigenvalue weighted by atomic mass is 16.6. The monoisotopic (exact) mass is 534 g/mol. The van der Waals surface area contributed by atoms with E-state index in [1.165, 1.54) is 26.4 Å². The highest BCUT2D eigenvalue weighted by Crippen LogP contribution is 2.29. The Morgan fingerprint density at radius 3 is 2.38 bits per heavy atom. The van der Waals surface area contributed by atoms with Crippen LogP contribution in [0.4, 0.5) is 17.1 Å². The second kappa shape index (κ2) is 13.5. The Labute approximate surface area is 223 Å². The second-order valence-corrected chi connectivity index (χ2v) is 7.83. The number of aliphatic hydroxyl groups is 1. The molecule has 0 aliphatic rings. The molecular weight excluding hydrogens is 508 g/mol. The van der Waals surface area contributed by atoms with Gasteiger partial charge in [-0.25, -0.2) is 0 Å². The van der Waals surface area contributed by atoms with Crippen LogP contribution in [0.3, 0.4) is 0 Å². The average molecular weight is 535 g/mol. The maximum atomic E-state index is 13.1. The van der Waals surface area contributed by atoms with E-state index in [-0.39, 0.29) is 22.8 Å². The number of rotatable bonds is 13. The van der Waals surface area contributed by atoms with Gasteiger partial charge in [-0.2, -0.15) is 5.10 Å². The van der Waals surface area contributed by atoms with Gasteiger partial charge in [0.2, 0.25) is 5.78 Å². The molecule has 3 N–H and O–H groups in total. The molecule has 1 amide bonds. The predicted octanol–water partition coefficient (Wildman–Crippen LogP) is 3.94. The van der Waals surface area contributed by atoms with E-state index >= 15 is 0 Å². The van der Waals surface area contributed by atoms with E-state index in [0.29, 0.717) is 11.3 Å². The summed E-state index contributed by atoms with van der Waals surface area (Å²) in [5, 5.41) is 27.9. The summed E-state index contributed by atoms with van der Waals surface area (Å²) < 4.78 is 15.7. The number of Topliss-reactive ketones (excluding diaryl/α,β-unsaturated/α-hetero) is 1. The van der Waals surface area contributed by atoms with Crippen LogP contribution >= 0.6 is 0 Å². The van der Waals surface area contributed by atoms with Crippen LogP contribution in [0.2, 0.25) is 0 Å². The van der Waals surface area contributed by atoms with Crippen molar-refractivity contribution in [2.75, 3.05) is 31.6 Å². The Morgan fingerprint density at radius 2 is 1.74 bits per heavy atom. The van der Waals surface area contributed by atoms with Crippen LogP contribution in [0.15, 0.2) is 78.4 Å². The third-order valence-electron chi connectivity index (χ3n) is 5.35. The minimum atomic E-state index is -1.45. The van der Waals surface area contributed by atoms with Crippen LogP contribution in [0, 0.1) is 10.1 Å². The number of ether oxygens (including phenoxy) is 3. The molecule has 3 rings (SSSR count). The number of nitro groups is 1. The SMILES string of the molecule is C=Cc1ccc(C(O)OCC(=O)/C(=N\Nc2ccc([N+](=O)[O-])cc2OC)C(=O)Nc2ccccc2OC)cc1. The van der Waals surface area contributed by atoms with Gasteiger partial charge in [0.1, 0.15) is 12.4 Å². The molecule has 0 aliphatic carbocycles. The van der Waals surface area contributed by atoms with E-state index in [2.05, 4.69) is 22.4 Å². The normalized spacial score (nSPS) is 11.7. The fraction of sp³-hybridized carbons (Fsp3) is 0.148. The number of amides is 1. The lowest BCUT2D eigenvalue weighted by atomic mass is 10.1. The summed E-state index contributed by atoms with van der Waals surface area (Å²) in [6.45, 7) is 2.97. The molecule has 3 aromatic rings. The first-order valence-corrected chi connectivity index (χ1v) is 11.4. The zero-order valence-electron chi connectivity index (χ0n) is 21.1.